The summed E-state index contributed by atoms with van der Waals surface area (Å²) in [5, 5.41) is 0. The molecule has 0 spiro atoms. The van der Waals surface area contributed by atoms with Crippen molar-refractivity contribution in [3.63, 3.8) is 0 Å². The molecule has 1 saturated carbocycles. The van der Waals surface area contributed by atoms with E-state index in [1.54, 1.807) is 0 Å². The summed E-state index contributed by atoms with van der Waals surface area (Å²) in [7, 11) is 0. The van der Waals surface area contributed by atoms with Gasteiger partial charge in [0.1, 0.15) is 0 Å². The second kappa shape index (κ2) is 6.93. The van der Waals surface area contributed by atoms with Crippen LogP contribution in [0.3, 0.4) is 0 Å². The number of hydrogen-bond donors (Lipinski definition) is 0. The molecule has 90 valence electrons. The molecule has 1 fully saturated rings. The van der Waals surface area contributed by atoms with Crippen molar-refractivity contribution >= 4 is 15.9 Å². The minimum absolute atomic E-state index is 0.805. The third kappa shape index (κ3) is 4.46. The summed E-state index contributed by atoms with van der Waals surface area (Å²) in [6, 6.07) is 0. The zero-order chi connectivity index (χ0) is 11.3. The van der Waals surface area contributed by atoms with Gasteiger partial charge in [-0.3, -0.25) is 0 Å². The molecule has 0 amide bonds. The summed E-state index contributed by atoms with van der Waals surface area (Å²) in [4.78, 5) is 0.805. The Kier molecular flexibility index (Phi) is 6.26. The van der Waals surface area contributed by atoms with E-state index in [-0.39, 0.29) is 0 Å². The lowest BCUT2D eigenvalue weighted by molar-refractivity contribution is 0.234. The van der Waals surface area contributed by atoms with Crippen LogP contribution >= 0.6 is 15.9 Å². The molecule has 0 aromatic carbocycles. The van der Waals surface area contributed by atoms with Crippen LogP contribution < -0.4 is 0 Å². The van der Waals surface area contributed by atoms with Crippen molar-refractivity contribution < 1.29 is 0 Å². The van der Waals surface area contributed by atoms with Gasteiger partial charge in [-0.15, -0.1) is 0 Å². The van der Waals surface area contributed by atoms with E-state index in [0.29, 0.717) is 0 Å². The van der Waals surface area contributed by atoms with Gasteiger partial charge in [0.15, 0.2) is 0 Å². The van der Waals surface area contributed by atoms with Crippen molar-refractivity contribution in [3.05, 3.63) is 0 Å². The fourth-order valence-electron chi connectivity index (χ4n) is 3.07. The number of halogens is 1. The minimum Gasteiger partial charge on any atom is -0.0888 e. The van der Waals surface area contributed by atoms with Crippen LogP contribution in [-0.4, -0.2) is 4.83 Å². The molecule has 4 atom stereocenters. The molecule has 0 aliphatic heterocycles. The molecule has 15 heavy (non-hydrogen) atoms. The maximum atomic E-state index is 3.89. The molecular formula is C14H27Br. The van der Waals surface area contributed by atoms with E-state index in [2.05, 4.69) is 36.7 Å². The van der Waals surface area contributed by atoms with Crippen molar-refractivity contribution in [2.24, 2.45) is 17.8 Å². The maximum Gasteiger partial charge on any atom is 0.0174 e. The second-order valence-corrected chi connectivity index (χ2v) is 6.67. The molecule has 0 radical (unpaired) electrons. The molecule has 0 bridgehead atoms. The first-order valence-corrected chi connectivity index (χ1v) is 7.72. The first-order chi connectivity index (χ1) is 7.17. The summed E-state index contributed by atoms with van der Waals surface area (Å²) in [5.74, 6) is 2.89. The van der Waals surface area contributed by atoms with Crippen LogP contribution in [-0.2, 0) is 0 Å². The molecule has 1 aliphatic carbocycles. The van der Waals surface area contributed by atoms with Gasteiger partial charge in [-0.1, -0.05) is 56.0 Å². The topological polar surface area (TPSA) is 0 Å². The van der Waals surface area contributed by atoms with E-state index in [1.807, 2.05) is 0 Å². The third-order valence-corrected chi connectivity index (χ3v) is 5.27. The largest absolute Gasteiger partial charge is 0.0888 e. The highest BCUT2D eigenvalue weighted by atomic mass is 79.9. The van der Waals surface area contributed by atoms with Gasteiger partial charge in [0, 0.05) is 4.83 Å². The van der Waals surface area contributed by atoms with Crippen molar-refractivity contribution in [2.75, 3.05) is 0 Å². The number of hydrogen-bond acceptors (Lipinski definition) is 0. The van der Waals surface area contributed by atoms with E-state index in [4.69, 9.17) is 0 Å². The van der Waals surface area contributed by atoms with Crippen LogP contribution in [0.2, 0.25) is 0 Å². The van der Waals surface area contributed by atoms with Gasteiger partial charge < -0.3 is 0 Å². The molecule has 1 rings (SSSR count). The summed E-state index contributed by atoms with van der Waals surface area (Å²) < 4.78 is 0. The van der Waals surface area contributed by atoms with E-state index in [9.17, 15) is 0 Å². The lowest BCUT2D eigenvalue weighted by Gasteiger charge is -2.34. The average molecular weight is 275 g/mol. The zero-order valence-corrected chi connectivity index (χ0v) is 12.2. The molecule has 0 heterocycles. The normalized spacial score (nSPS) is 34.0. The van der Waals surface area contributed by atoms with E-state index in [0.717, 1.165) is 22.6 Å². The third-order valence-electron chi connectivity index (χ3n) is 4.06. The molecule has 0 aromatic rings. The monoisotopic (exact) mass is 274 g/mol. The van der Waals surface area contributed by atoms with Gasteiger partial charge in [-0.2, -0.15) is 0 Å². The van der Waals surface area contributed by atoms with Crippen LogP contribution in [0.15, 0.2) is 0 Å². The lowest BCUT2D eigenvalue weighted by Crippen LogP contribution is -2.26. The quantitative estimate of drug-likeness (QED) is 0.589. The Labute approximate surface area is 104 Å². The molecule has 4 unspecified atom stereocenters. The van der Waals surface area contributed by atoms with Crippen molar-refractivity contribution in [3.8, 4) is 0 Å². The zero-order valence-electron chi connectivity index (χ0n) is 10.6. The van der Waals surface area contributed by atoms with Crippen LogP contribution in [0, 0.1) is 17.8 Å². The summed E-state index contributed by atoms with van der Waals surface area (Å²) in [6.07, 6.45) is 9.91. The first-order valence-electron chi connectivity index (χ1n) is 6.81. The predicted molar refractivity (Wildman–Crippen MR) is 72.5 cm³/mol. The Balaban J connectivity index is 2.36. The van der Waals surface area contributed by atoms with Gasteiger partial charge in [0.05, 0.1) is 0 Å². The van der Waals surface area contributed by atoms with Crippen molar-refractivity contribution in [2.45, 2.75) is 70.5 Å². The molecule has 1 aliphatic rings. The molecule has 0 aromatic heterocycles. The van der Waals surface area contributed by atoms with E-state index >= 15 is 0 Å². The van der Waals surface area contributed by atoms with Crippen LogP contribution in [0.4, 0.5) is 0 Å². The Bertz CT molecular complexity index is 167. The van der Waals surface area contributed by atoms with Gasteiger partial charge in [0.25, 0.3) is 0 Å². The standard InChI is InChI=1S/C14H27Br/c1-4-6-11(3)9-13-10-12(5-2)7-8-14(13)15/h11-14H,4-10H2,1-3H3. The minimum atomic E-state index is 0.805. The Morgan fingerprint density at radius 2 is 2.00 bits per heavy atom. The fourth-order valence-corrected chi connectivity index (χ4v) is 3.76. The smallest absolute Gasteiger partial charge is 0.0174 e. The van der Waals surface area contributed by atoms with Crippen molar-refractivity contribution in [1.82, 2.24) is 0 Å². The molecular weight excluding hydrogens is 248 g/mol. The van der Waals surface area contributed by atoms with Crippen LogP contribution in [0.25, 0.3) is 0 Å². The number of alkyl halides is 1. The maximum absolute atomic E-state index is 3.89. The Morgan fingerprint density at radius 3 is 2.60 bits per heavy atom. The van der Waals surface area contributed by atoms with Crippen LogP contribution in [0.1, 0.15) is 65.7 Å². The van der Waals surface area contributed by atoms with E-state index < -0.39 is 0 Å². The van der Waals surface area contributed by atoms with E-state index in [1.165, 1.54) is 44.9 Å². The summed E-state index contributed by atoms with van der Waals surface area (Å²) in [5.41, 5.74) is 0. The summed E-state index contributed by atoms with van der Waals surface area (Å²) >= 11 is 3.89. The highest BCUT2D eigenvalue weighted by molar-refractivity contribution is 9.09. The highest BCUT2D eigenvalue weighted by Crippen LogP contribution is 2.39. The molecule has 0 nitrogen and oxygen atoms in total. The summed E-state index contributed by atoms with van der Waals surface area (Å²) in [6.45, 7) is 7.09. The van der Waals surface area contributed by atoms with Gasteiger partial charge in [0.2, 0.25) is 0 Å². The lowest BCUT2D eigenvalue weighted by atomic mass is 9.76. The van der Waals surface area contributed by atoms with Crippen LogP contribution in [0.5, 0.6) is 0 Å². The Hall–Kier alpha value is 0.480. The highest BCUT2D eigenvalue weighted by Gasteiger charge is 2.28. The van der Waals surface area contributed by atoms with Gasteiger partial charge in [-0.25, -0.2) is 0 Å². The van der Waals surface area contributed by atoms with Crippen molar-refractivity contribution in [1.29, 1.82) is 0 Å². The molecule has 0 saturated heterocycles. The molecule has 0 N–H and O–H groups in total. The molecule has 1 heteroatoms. The predicted octanol–water partition coefficient (Wildman–Crippen LogP) is 5.40. The SMILES string of the molecule is CCCC(C)CC1CC(CC)CCC1Br. The van der Waals surface area contributed by atoms with Gasteiger partial charge >= 0.3 is 0 Å². The first kappa shape index (κ1) is 13.5. The fraction of sp³-hybridized carbons (Fsp3) is 1.00. The van der Waals surface area contributed by atoms with Gasteiger partial charge in [-0.05, 0) is 43.4 Å². The average Bonchev–Trinajstić information content (AvgIpc) is 2.21. The number of rotatable bonds is 5. The Morgan fingerprint density at radius 1 is 1.27 bits per heavy atom. The second-order valence-electron chi connectivity index (χ2n) is 5.49.